The van der Waals surface area contributed by atoms with Crippen LogP contribution in [0.2, 0.25) is 0 Å². The van der Waals surface area contributed by atoms with Crippen LogP contribution < -0.4 is 4.74 Å². The maximum atomic E-state index is 5.59. The molecule has 0 saturated carbocycles. The Hall–Kier alpha value is -0.250. The van der Waals surface area contributed by atoms with Crippen molar-refractivity contribution in [3.05, 3.63) is 27.8 Å². The third kappa shape index (κ3) is 7.97. The first-order chi connectivity index (χ1) is 7.61. The molecule has 1 aromatic carbocycles. The Bertz CT molecular complexity index is 269. The van der Waals surface area contributed by atoms with Gasteiger partial charge in [-0.2, -0.15) is 0 Å². The van der Waals surface area contributed by atoms with Crippen LogP contribution in [-0.2, 0) is 0 Å². The molecule has 0 radical (unpaired) electrons. The van der Waals surface area contributed by atoms with E-state index in [1.807, 2.05) is 18.2 Å². The third-order valence-corrected chi connectivity index (χ3v) is 2.80. The number of hydrogen-bond donors (Lipinski definition) is 0. The van der Waals surface area contributed by atoms with Gasteiger partial charge in [0.05, 0.1) is 10.2 Å². The summed E-state index contributed by atoms with van der Waals surface area (Å²) >= 11 is 2.28. The Morgan fingerprint density at radius 1 is 1.12 bits per heavy atom. The molecule has 0 unspecified atom stereocenters. The molecule has 0 N–H and O–H groups in total. The summed E-state index contributed by atoms with van der Waals surface area (Å²) in [5.41, 5.74) is 0. The van der Waals surface area contributed by atoms with Crippen LogP contribution in [0.15, 0.2) is 24.3 Å². The number of halogens is 1. The highest BCUT2D eigenvalue weighted by molar-refractivity contribution is 14.1. The summed E-state index contributed by atoms with van der Waals surface area (Å²) in [5.74, 6) is 1.58. The lowest BCUT2D eigenvalue weighted by Gasteiger charge is -2.09. The zero-order valence-electron chi connectivity index (χ0n) is 10.8. The quantitative estimate of drug-likeness (QED) is 0.694. The van der Waals surface area contributed by atoms with Gasteiger partial charge >= 0.3 is 0 Å². The van der Waals surface area contributed by atoms with E-state index in [2.05, 4.69) is 56.4 Å². The van der Waals surface area contributed by atoms with E-state index < -0.39 is 0 Å². The lowest BCUT2D eigenvalue weighted by atomic mass is 10.2. The van der Waals surface area contributed by atoms with Crippen molar-refractivity contribution >= 4 is 22.6 Å². The molecule has 0 atom stereocenters. The lowest BCUT2D eigenvalue weighted by Crippen LogP contribution is -2.05. The number of ether oxygens (including phenoxy) is 1. The molecule has 2 heteroatoms. The van der Waals surface area contributed by atoms with Crippen LogP contribution in [0.1, 0.15) is 40.5 Å². The van der Waals surface area contributed by atoms with E-state index in [9.17, 15) is 0 Å². The van der Waals surface area contributed by atoms with Crippen LogP contribution in [-0.4, -0.2) is 6.61 Å². The second-order valence-electron chi connectivity index (χ2n) is 4.14. The average Bonchev–Trinajstić information content (AvgIpc) is 2.28. The minimum Gasteiger partial charge on any atom is -0.492 e. The van der Waals surface area contributed by atoms with Crippen LogP contribution in [0, 0.1) is 9.49 Å². The van der Waals surface area contributed by atoms with E-state index in [0.29, 0.717) is 5.92 Å². The molecule has 0 spiro atoms. The van der Waals surface area contributed by atoms with Gasteiger partial charge in [-0.3, -0.25) is 0 Å². The predicted molar refractivity (Wildman–Crippen MR) is 80.1 cm³/mol. The SMILES string of the molecule is CC(C)COc1ccccc1I.CCCC. The molecule has 0 amide bonds. The first-order valence-corrected chi connectivity index (χ1v) is 7.07. The van der Waals surface area contributed by atoms with Gasteiger partial charge in [-0.05, 0) is 40.6 Å². The molecule has 0 fully saturated rings. The Labute approximate surface area is 114 Å². The second kappa shape index (κ2) is 9.94. The maximum absolute atomic E-state index is 5.59. The zero-order valence-corrected chi connectivity index (χ0v) is 13.0. The molecule has 0 aliphatic carbocycles. The zero-order chi connectivity index (χ0) is 12.4. The van der Waals surface area contributed by atoms with Crippen LogP contribution in [0.4, 0.5) is 0 Å². The molecule has 1 rings (SSSR count). The topological polar surface area (TPSA) is 9.23 Å². The van der Waals surface area contributed by atoms with Gasteiger partial charge in [0.2, 0.25) is 0 Å². The standard InChI is InChI=1S/C10H13IO.C4H10/c1-8(2)7-12-10-6-4-3-5-9(10)11;1-3-4-2/h3-6,8H,7H2,1-2H3;3-4H2,1-2H3. The largest absolute Gasteiger partial charge is 0.492 e. The van der Waals surface area contributed by atoms with E-state index in [-0.39, 0.29) is 0 Å². The van der Waals surface area contributed by atoms with E-state index in [4.69, 9.17) is 4.74 Å². The summed E-state index contributed by atoms with van der Waals surface area (Å²) in [4.78, 5) is 0. The van der Waals surface area contributed by atoms with Gasteiger partial charge in [0.15, 0.2) is 0 Å². The molecule has 16 heavy (non-hydrogen) atoms. The molecule has 1 aromatic rings. The summed E-state index contributed by atoms with van der Waals surface area (Å²) in [6.45, 7) is 9.45. The molecule has 0 saturated heterocycles. The second-order valence-corrected chi connectivity index (χ2v) is 5.30. The van der Waals surface area contributed by atoms with Crippen molar-refractivity contribution in [2.75, 3.05) is 6.61 Å². The Morgan fingerprint density at radius 2 is 1.69 bits per heavy atom. The Balaban J connectivity index is 0.000000487. The van der Waals surface area contributed by atoms with Crippen molar-refractivity contribution in [2.45, 2.75) is 40.5 Å². The van der Waals surface area contributed by atoms with Crippen molar-refractivity contribution < 1.29 is 4.74 Å². The van der Waals surface area contributed by atoms with Gasteiger partial charge in [-0.25, -0.2) is 0 Å². The fourth-order valence-electron chi connectivity index (χ4n) is 0.818. The van der Waals surface area contributed by atoms with Crippen molar-refractivity contribution in [2.24, 2.45) is 5.92 Å². The molecule has 0 aliphatic rings. The lowest BCUT2D eigenvalue weighted by molar-refractivity contribution is 0.269. The van der Waals surface area contributed by atoms with Gasteiger partial charge in [0.1, 0.15) is 5.75 Å². The average molecular weight is 334 g/mol. The summed E-state index contributed by atoms with van der Waals surface area (Å²) in [6.07, 6.45) is 2.64. The van der Waals surface area contributed by atoms with Gasteiger partial charge < -0.3 is 4.74 Å². The normalized spacial score (nSPS) is 9.62. The number of unbranched alkanes of at least 4 members (excludes halogenated alkanes) is 1. The molecular formula is C14H23IO. The smallest absolute Gasteiger partial charge is 0.132 e. The fraction of sp³-hybridized carbons (Fsp3) is 0.571. The highest BCUT2D eigenvalue weighted by Crippen LogP contribution is 2.19. The third-order valence-electron chi connectivity index (χ3n) is 1.91. The monoisotopic (exact) mass is 334 g/mol. The van der Waals surface area contributed by atoms with Crippen molar-refractivity contribution in [1.29, 1.82) is 0 Å². The Kier molecular flexibility index (Phi) is 9.78. The van der Waals surface area contributed by atoms with Gasteiger partial charge in [-0.1, -0.05) is 52.7 Å². The fourth-order valence-corrected chi connectivity index (χ4v) is 1.36. The summed E-state index contributed by atoms with van der Waals surface area (Å²) in [6, 6.07) is 8.07. The molecule has 0 aliphatic heterocycles. The van der Waals surface area contributed by atoms with E-state index >= 15 is 0 Å². The van der Waals surface area contributed by atoms with Crippen LogP contribution in [0.3, 0.4) is 0 Å². The molecule has 0 aromatic heterocycles. The first kappa shape index (κ1) is 15.8. The van der Waals surface area contributed by atoms with Crippen LogP contribution >= 0.6 is 22.6 Å². The highest BCUT2D eigenvalue weighted by atomic mass is 127. The van der Waals surface area contributed by atoms with Gasteiger partial charge in [-0.15, -0.1) is 0 Å². The number of benzene rings is 1. The molecular weight excluding hydrogens is 311 g/mol. The highest BCUT2D eigenvalue weighted by Gasteiger charge is 1.99. The first-order valence-electron chi connectivity index (χ1n) is 5.99. The molecule has 1 nitrogen and oxygen atoms in total. The number of rotatable bonds is 4. The minimum absolute atomic E-state index is 0.584. The van der Waals surface area contributed by atoms with Gasteiger partial charge in [0, 0.05) is 0 Å². The van der Waals surface area contributed by atoms with Crippen LogP contribution in [0.5, 0.6) is 5.75 Å². The van der Waals surface area contributed by atoms with E-state index in [1.54, 1.807) is 0 Å². The molecule has 0 heterocycles. The van der Waals surface area contributed by atoms with Crippen molar-refractivity contribution in [3.8, 4) is 5.75 Å². The van der Waals surface area contributed by atoms with Crippen molar-refractivity contribution in [3.63, 3.8) is 0 Å². The van der Waals surface area contributed by atoms with E-state index in [1.165, 1.54) is 16.4 Å². The number of hydrogen-bond acceptors (Lipinski definition) is 1. The molecule has 92 valence electrons. The molecule has 0 bridgehead atoms. The predicted octanol–water partition coefficient (Wildman–Crippen LogP) is 5.13. The van der Waals surface area contributed by atoms with E-state index in [0.717, 1.165) is 12.4 Å². The van der Waals surface area contributed by atoms with Gasteiger partial charge in [0.25, 0.3) is 0 Å². The maximum Gasteiger partial charge on any atom is 0.132 e. The van der Waals surface area contributed by atoms with Crippen molar-refractivity contribution in [1.82, 2.24) is 0 Å². The van der Waals surface area contributed by atoms with Crippen LogP contribution in [0.25, 0.3) is 0 Å². The summed E-state index contributed by atoms with van der Waals surface area (Å²) in [5, 5.41) is 0. The Morgan fingerprint density at radius 3 is 2.12 bits per heavy atom. The minimum atomic E-state index is 0.584. The number of para-hydroxylation sites is 1. The summed E-state index contributed by atoms with van der Waals surface area (Å²) in [7, 11) is 0. The summed E-state index contributed by atoms with van der Waals surface area (Å²) < 4.78 is 6.77.